The molecule has 0 spiro atoms. The molecule has 8 nitrogen and oxygen atoms in total. The first-order valence-corrected chi connectivity index (χ1v) is 10.6. The number of aromatic nitrogens is 3. The minimum absolute atomic E-state index is 0.0536. The second-order valence-corrected chi connectivity index (χ2v) is 9.04. The third kappa shape index (κ3) is 3.48. The molecule has 1 fully saturated rings. The van der Waals surface area contributed by atoms with Gasteiger partial charge < -0.3 is 5.32 Å². The molecule has 2 aliphatic heterocycles. The molecule has 1 aromatic carbocycles. The average molecular weight is 422 g/mol. The van der Waals surface area contributed by atoms with Crippen LogP contribution in [0.1, 0.15) is 30.2 Å². The molecule has 4 rings (SSSR count). The number of guanidine groups is 1. The Morgan fingerprint density at radius 1 is 1.43 bits per heavy atom. The van der Waals surface area contributed by atoms with E-state index in [9.17, 15) is 10.1 Å². The molecular formula is C21H23N7OS. The van der Waals surface area contributed by atoms with Crippen molar-refractivity contribution in [2.45, 2.75) is 30.6 Å². The lowest BCUT2D eigenvalue weighted by atomic mass is 9.75. The van der Waals surface area contributed by atoms with Crippen molar-refractivity contribution in [3.8, 4) is 6.07 Å². The lowest BCUT2D eigenvalue weighted by molar-refractivity contribution is -0.135. The molecule has 0 bridgehead atoms. The number of nitrogens with one attached hydrogen (secondary N) is 2. The number of allylic oxidation sites excluding steroid dienone is 1. The lowest BCUT2D eigenvalue weighted by Crippen LogP contribution is -2.69. The standard InChI is InChI=1S/C21H23N7OS/c1-21(18-8-15(12-30-18)14-6-4-5-13(7-14)10-22)17(9-16-11-27(2)26-25-16)19(29)28(3)20(23)24-21/h4-7,11-12,17-18H,8-9H2,1-3H3,(H2,23,24)/t17?,18?,21-/m0/s1. The molecule has 0 radical (unpaired) electrons. The van der Waals surface area contributed by atoms with Crippen LogP contribution in [0.15, 0.2) is 35.9 Å². The number of hydrogen-bond donors (Lipinski definition) is 2. The molecule has 30 heavy (non-hydrogen) atoms. The highest BCUT2D eigenvalue weighted by Crippen LogP contribution is 2.45. The molecule has 3 atom stereocenters. The van der Waals surface area contributed by atoms with Gasteiger partial charge in [-0.15, -0.1) is 16.9 Å². The highest BCUT2D eigenvalue weighted by molar-refractivity contribution is 8.03. The molecule has 2 aliphatic rings. The fourth-order valence-electron chi connectivity index (χ4n) is 4.12. The van der Waals surface area contributed by atoms with E-state index in [-0.39, 0.29) is 23.0 Å². The van der Waals surface area contributed by atoms with E-state index in [4.69, 9.17) is 5.41 Å². The summed E-state index contributed by atoms with van der Waals surface area (Å²) < 4.78 is 1.63. The van der Waals surface area contributed by atoms with Crippen LogP contribution in [0.4, 0.5) is 0 Å². The fourth-order valence-corrected chi connectivity index (χ4v) is 5.46. The van der Waals surface area contributed by atoms with Gasteiger partial charge in [0.1, 0.15) is 0 Å². The number of carbonyl (C=O) groups is 1. The lowest BCUT2D eigenvalue weighted by Gasteiger charge is -2.48. The molecule has 0 saturated carbocycles. The summed E-state index contributed by atoms with van der Waals surface area (Å²) >= 11 is 1.67. The van der Waals surface area contributed by atoms with Crippen LogP contribution < -0.4 is 5.32 Å². The summed E-state index contributed by atoms with van der Waals surface area (Å²) in [7, 11) is 3.43. The number of carbonyl (C=O) groups excluding carboxylic acids is 1. The van der Waals surface area contributed by atoms with Crippen molar-refractivity contribution in [2.24, 2.45) is 13.0 Å². The molecule has 0 aliphatic carbocycles. The van der Waals surface area contributed by atoms with E-state index in [2.05, 4.69) is 27.1 Å². The molecule has 154 valence electrons. The number of rotatable bonds is 4. The second kappa shape index (κ2) is 7.61. The van der Waals surface area contributed by atoms with Gasteiger partial charge in [0.05, 0.1) is 28.8 Å². The monoisotopic (exact) mass is 421 g/mol. The van der Waals surface area contributed by atoms with E-state index >= 15 is 0 Å². The van der Waals surface area contributed by atoms with E-state index in [0.717, 1.165) is 23.3 Å². The molecule has 2 N–H and O–H groups in total. The van der Waals surface area contributed by atoms with E-state index in [0.29, 0.717) is 12.0 Å². The van der Waals surface area contributed by atoms with Crippen LogP contribution in [0.5, 0.6) is 0 Å². The molecule has 2 aromatic rings. The van der Waals surface area contributed by atoms with Crippen LogP contribution in [0.2, 0.25) is 0 Å². The Labute approximate surface area is 179 Å². The van der Waals surface area contributed by atoms with Crippen molar-refractivity contribution < 1.29 is 4.79 Å². The quantitative estimate of drug-likeness (QED) is 0.783. The molecule has 9 heteroatoms. The molecule has 1 saturated heterocycles. The van der Waals surface area contributed by atoms with Crippen molar-refractivity contribution in [1.29, 1.82) is 10.7 Å². The summed E-state index contributed by atoms with van der Waals surface area (Å²) in [6, 6.07) is 9.76. The van der Waals surface area contributed by atoms with E-state index in [1.807, 2.05) is 31.3 Å². The predicted molar refractivity (Wildman–Crippen MR) is 115 cm³/mol. The Morgan fingerprint density at radius 3 is 2.93 bits per heavy atom. The van der Waals surface area contributed by atoms with Crippen LogP contribution in [0.25, 0.3) is 5.57 Å². The van der Waals surface area contributed by atoms with Crippen molar-refractivity contribution in [3.63, 3.8) is 0 Å². The summed E-state index contributed by atoms with van der Waals surface area (Å²) in [5, 5.41) is 31.1. The van der Waals surface area contributed by atoms with Crippen molar-refractivity contribution >= 4 is 29.2 Å². The Morgan fingerprint density at radius 2 is 2.23 bits per heavy atom. The number of hydrogen-bond acceptors (Lipinski definition) is 6. The summed E-state index contributed by atoms with van der Waals surface area (Å²) in [4.78, 5) is 14.6. The van der Waals surface area contributed by atoms with Gasteiger partial charge in [0.2, 0.25) is 5.91 Å². The third-order valence-corrected chi connectivity index (χ3v) is 7.36. The smallest absolute Gasteiger partial charge is 0.234 e. The van der Waals surface area contributed by atoms with Gasteiger partial charge in [-0.25, -0.2) is 0 Å². The molecule has 1 amide bonds. The maximum atomic E-state index is 13.2. The molecule has 2 unspecified atom stereocenters. The average Bonchev–Trinajstić information content (AvgIpc) is 3.39. The zero-order valence-corrected chi connectivity index (χ0v) is 17.9. The fraction of sp³-hybridized carbons (Fsp3) is 0.381. The van der Waals surface area contributed by atoms with Gasteiger partial charge in [0, 0.05) is 32.0 Å². The second-order valence-electron chi connectivity index (χ2n) is 7.96. The van der Waals surface area contributed by atoms with Gasteiger partial charge >= 0.3 is 0 Å². The summed E-state index contributed by atoms with van der Waals surface area (Å²) in [5.74, 6) is -0.366. The van der Waals surface area contributed by atoms with Crippen molar-refractivity contribution in [2.75, 3.05) is 7.05 Å². The zero-order chi connectivity index (χ0) is 21.5. The van der Waals surface area contributed by atoms with Crippen molar-refractivity contribution in [1.82, 2.24) is 25.2 Å². The van der Waals surface area contributed by atoms with Crippen LogP contribution in [-0.2, 0) is 18.3 Å². The first kappa shape index (κ1) is 20.2. The number of nitrogens with zero attached hydrogens (tertiary/aromatic N) is 5. The molecular weight excluding hydrogens is 398 g/mol. The number of amides is 1. The minimum atomic E-state index is -0.631. The van der Waals surface area contributed by atoms with Gasteiger partial charge in [-0.3, -0.25) is 19.8 Å². The third-order valence-electron chi connectivity index (χ3n) is 5.95. The molecule has 1 aromatic heterocycles. The largest absolute Gasteiger partial charge is 0.349 e. The Bertz CT molecular complexity index is 1090. The van der Waals surface area contributed by atoms with Crippen LogP contribution in [0.3, 0.4) is 0 Å². The minimum Gasteiger partial charge on any atom is -0.349 e. The number of aryl methyl sites for hydroxylation is 1. The van der Waals surface area contributed by atoms with Gasteiger partial charge in [0.15, 0.2) is 5.96 Å². The maximum absolute atomic E-state index is 13.2. The van der Waals surface area contributed by atoms with Crippen molar-refractivity contribution in [3.05, 3.63) is 52.7 Å². The maximum Gasteiger partial charge on any atom is 0.234 e. The van der Waals surface area contributed by atoms with Gasteiger partial charge in [-0.05, 0) is 42.0 Å². The normalized spacial score (nSPS) is 26.3. The molecule has 3 heterocycles. The highest BCUT2D eigenvalue weighted by Gasteiger charge is 2.52. The van der Waals surface area contributed by atoms with Gasteiger partial charge in [-0.2, -0.15) is 5.26 Å². The topological polar surface area (TPSA) is 111 Å². The van der Waals surface area contributed by atoms with E-state index in [1.54, 1.807) is 36.6 Å². The summed E-state index contributed by atoms with van der Waals surface area (Å²) in [6.45, 7) is 2.02. The number of benzene rings is 1. The Hall–Kier alpha value is -3.12. The predicted octanol–water partition coefficient (Wildman–Crippen LogP) is 2.15. The van der Waals surface area contributed by atoms with Crippen LogP contribution >= 0.6 is 11.8 Å². The van der Waals surface area contributed by atoms with E-state index < -0.39 is 5.54 Å². The van der Waals surface area contributed by atoms with Gasteiger partial charge in [0.25, 0.3) is 0 Å². The Balaban J connectivity index is 1.62. The van der Waals surface area contributed by atoms with Crippen LogP contribution in [0, 0.1) is 22.7 Å². The number of thioether (sulfide) groups is 1. The highest BCUT2D eigenvalue weighted by atomic mass is 32.2. The summed E-state index contributed by atoms with van der Waals surface area (Å²) in [5.41, 5.74) is 2.91. The number of nitriles is 1. The SMILES string of the molecule is CN1C(=N)N[C@](C)(C2CC(c3cccc(C#N)c3)=CS2)C(Cc2cn(C)nn2)C1=O. The first-order chi connectivity index (χ1) is 14.3. The zero-order valence-electron chi connectivity index (χ0n) is 17.1. The van der Waals surface area contributed by atoms with Gasteiger partial charge in [-0.1, -0.05) is 17.3 Å². The first-order valence-electron chi connectivity index (χ1n) is 9.66. The summed E-state index contributed by atoms with van der Waals surface area (Å²) in [6.07, 6.45) is 3.01. The van der Waals surface area contributed by atoms with Crippen LogP contribution in [-0.4, -0.2) is 49.6 Å². The Kier molecular flexibility index (Phi) is 5.12. The van der Waals surface area contributed by atoms with E-state index in [1.165, 1.54) is 4.90 Å².